The number of piperazine rings is 1. The lowest BCUT2D eigenvalue weighted by atomic mass is 9.73. The molecule has 4 aromatic heterocycles. The van der Waals surface area contributed by atoms with Crippen LogP contribution >= 0.6 is 11.8 Å². The summed E-state index contributed by atoms with van der Waals surface area (Å²) in [4.78, 5) is 43.6. The third-order valence-electron chi connectivity index (χ3n) is 17.5. The predicted molar refractivity (Wildman–Crippen MR) is 302 cm³/mol. The van der Waals surface area contributed by atoms with Gasteiger partial charge in [0.05, 0.1) is 68.2 Å². The summed E-state index contributed by atoms with van der Waals surface area (Å²) in [6.07, 6.45) is 5.33. The Kier molecular flexibility index (Phi) is 13.5. The smallest absolute Gasteiger partial charge is 0.331 e. The van der Waals surface area contributed by atoms with Gasteiger partial charge in [-0.1, -0.05) is 6.07 Å². The number of aliphatic hydroxyl groups excluding tert-OH is 1. The number of hydrogen-bond acceptors (Lipinski definition) is 21. The molecule has 0 amide bonds. The highest BCUT2D eigenvalue weighted by molar-refractivity contribution is 7.99. The van der Waals surface area contributed by atoms with Gasteiger partial charge in [0.25, 0.3) is 0 Å². The largest absolute Gasteiger partial charge is 0.504 e. The number of nitrogens with zero attached hydrogens (tertiary/aromatic N) is 8. The number of anilines is 1. The molecule has 8 aliphatic rings. The predicted octanol–water partition coefficient (Wildman–Crippen LogP) is 6.06. The SMILES string of the molecule is CC1COCCN1c1cc(-c2ccnn2C)c2ccnc(-c3ccn[nH]3)c2n1.COc1cc2c(cc1O)CCNC21CSC2c3c(OC(C)=O)c(C)c4c(c3C(COC1=O)N1C(O)C3Cc5cc(C)c(OC)c(O)c5C(C21)N3C)OCO4. The zero-order chi connectivity index (χ0) is 57.0. The van der Waals surface area contributed by atoms with Crippen LogP contribution in [0.2, 0.25) is 0 Å². The average molecular weight is 1140 g/mol. The second-order valence-corrected chi connectivity index (χ2v) is 23.1. The molecule has 3 saturated heterocycles. The van der Waals surface area contributed by atoms with Gasteiger partial charge in [-0.25, -0.2) is 9.78 Å². The van der Waals surface area contributed by atoms with Crippen LogP contribution < -0.4 is 33.9 Å². The number of pyridine rings is 2. The van der Waals surface area contributed by atoms with E-state index in [9.17, 15) is 24.9 Å². The van der Waals surface area contributed by atoms with Crippen molar-refractivity contribution in [3.8, 4) is 62.9 Å². The van der Waals surface area contributed by atoms with Crippen molar-refractivity contribution >= 4 is 40.4 Å². The van der Waals surface area contributed by atoms with Crippen molar-refractivity contribution in [2.45, 2.75) is 87.8 Å². The minimum Gasteiger partial charge on any atom is -0.504 e. The maximum Gasteiger partial charge on any atom is 0.331 e. The van der Waals surface area contributed by atoms with Crippen LogP contribution in [0, 0.1) is 13.8 Å². The number of aromatic amines is 1. The number of aromatic hydroxyl groups is 2. The van der Waals surface area contributed by atoms with Crippen LogP contribution in [0.5, 0.6) is 40.2 Å². The van der Waals surface area contributed by atoms with Crippen molar-refractivity contribution in [1.29, 1.82) is 0 Å². The third kappa shape index (κ3) is 8.32. The van der Waals surface area contributed by atoms with Crippen molar-refractivity contribution in [3.05, 3.63) is 106 Å². The number of aryl methyl sites for hydroxylation is 2. The zero-order valence-corrected chi connectivity index (χ0v) is 47.5. The first-order valence-electron chi connectivity index (χ1n) is 27.4. The normalized spacial score (nSPS) is 25.3. The lowest BCUT2D eigenvalue weighted by molar-refractivity contribution is -0.186. The number of carbonyl (C=O) groups excluding carboxylic acids is 2. The maximum absolute atomic E-state index is 14.7. The van der Waals surface area contributed by atoms with Crippen molar-refractivity contribution < 1.29 is 58.1 Å². The molecule has 0 radical (unpaired) electrons. The van der Waals surface area contributed by atoms with Crippen molar-refractivity contribution in [2.75, 3.05) is 71.6 Å². The molecule has 8 aliphatic heterocycles. The Morgan fingerprint density at radius 1 is 0.939 bits per heavy atom. The molecule has 82 heavy (non-hydrogen) atoms. The van der Waals surface area contributed by atoms with Crippen LogP contribution in [-0.2, 0) is 44.5 Å². The minimum atomic E-state index is -1.36. The van der Waals surface area contributed by atoms with Crippen LogP contribution in [0.4, 0.5) is 5.82 Å². The van der Waals surface area contributed by atoms with E-state index in [4.69, 9.17) is 38.1 Å². The summed E-state index contributed by atoms with van der Waals surface area (Å²) in [5.74, 6) is 1.87. The number of morpholine rings is 1. The number of phenols is 2. The molecule has 3 aromatic carbocycles. The summed E-state index contributed by atoms with van der Waals surface area (Å²) < 4.78 is 43.4. The summed E-state index contributed by atoms with van der Waals surface area (Å²) in [5, 5.41) is 50.7. The van der Waals surface area contributed by atoms with E-state index in [1.807, 2.05) is 74.2 Å². The first-order chi connectivity index (χ1) is 39.6. The van der Waals surface area contributed by atoms with Crippen LogP contribution in [0.25, 0.3) is 33.5 Å². The summed E-state index contributed by atoms with van der Waals surface area (Å²) in [7, 11) is 6.91. The molecule has 22 nitrogen and oxygen atoms in total. The number of H-pyrrole nitrogens is 1. The second-order valence-electron chi connectivity index (χ2n) is 21.9. The number of aromatic nitrogens is 6. The van der Waals surface area contributed by atoms with E-state index in [1.165, 1.54) is 32.9 Å². The first-order valence-corrected chi connectivity index (χ1v) is 28.5. The number of carbonyl (C=O) groups is 2. The van der Waals surface area contributed by atoms with E-state index in [0.29, 0.717) is 83.4 Å². The first kappa shape index (κ1) is 53.6. The third-order valence-corrected chi connectivity index (χ3v) is 19.0. The second kappa shape index (κ2) is 20.6. The van der Waals surface area contributed by atoms with E-state index >= 15 is 0 Å². The number of thioether (sulfide) groups is 1. The highest BCUT2D eigenvalue weighted by atomic mass is 32.2. The zero-order valence-electron chi connectivity index (χ0n) is 46.7. The molecule has 15 rings (SSSR count). The molecule has 0 aliphatic carbocycles. The number of benzene rings is 3. The fourth-order valence-electron chi connectivity index (χ4n) is 13.8. The van der Waals surface area contributed by atoms with Crippen LogP contribution in [0.1, 0.15) is 75.7 Å². The van der Waals surface area contributed by atoms with E-state index in [0.717, 1.165) is 62.6 Å². The van der Waals surface area contributed by atoms with E-state index in [1.54, 1.807) is 18.3 Å². The van der Waals surface area contributed by atoms with Gasteiger partial charge in [-0.2, -0.15) is 10.2 Å². The van der Waals surface area contributed by atoms with Gasteiger partial charge in [0.2, 0.25) is 6.79 Å². The Morgan fingerprint density at radius 2 is 1.77 bits per heavy atom. The monoisotopic (exact) mass is 1140 g/mol. The lowest BCUT2D eigenvalue weighted by Gasteiger charge is -2.62. The van der Waals surface area contributed by atoms with Crippen molar-refractivity contribution in [1.82, 2.24) is 45.1 Å². The lowest BCUT2D eigenvalue weighted by Crippen LogP contribution is -2.70. The molecule has 12 heterocycles. The van der Waals surface area contributed by atoms with E-state index in [2.05, 4.69) is 48.4 Å². The highest BCUT2D eigenvalue weighted by Gasteiger charge is 2.61. The molecule has 428 valence electrons. The Labute approximate surface area is 476 Å². The van der Waals surface area contributed by atoms with Gasteiger partial charge in [0, 0.05) is 90.6 Å². The van der Waals surface area contributed by atoms with Crippen LogP contribution in [0.3, 0.4) is 0 Å². The summed E-state index contributed by atoms with van der Waals surface area (Å²) in [6.45, 7) is 9.62. The van der Waals surface area contributed by atoms with Gasteiger partial charge in [-0.05, 0) is 99.3 Å². The Balaban J connectivity index is 0.000000188. The van der Waals surface area contributed by atoms with Crippen molar-refractivity contribution in [2.24, 2.45) is 7.05 Å². The van der Waals surface area contributed by atoms with Gasteiger partial charge in [0.1, 0.15) is 35.6 Å². The molecular formula is C59H64N10O12S. The number of ether oxygens (including phenoxy) is 7. The molecule has 7 aromatic rings. The van der Waals surface area contributed by atoms with Crippen LogP contribution in [0.15, 0.2) is 61.1 Å². The molecule has 4 bridgehead atoms. The minimum absolute atomic E-state index is 0.0226. The molecule has 5 N–H and O–H groups in total. The number of hydrogen-bond donors (Lipinski definition) is 5. The average Bonchev–Trinajstić information content (AvgIpc) is 4.12. The Bertz CT molecular complexity index is 3710. The number of methoxy groups -OCH3 is 2. The molecule has 23 heteroatoms. The van der Waals surface area contributed by atoms with Gasteiger partial charge >= 0.3 is 11.9 Å². The Hall–Kier alpha value is -7.67. The standard InChI is InChI=1S/C39H43N3O11S.C20H21N7O/c1-16-9-20-10-22-37(46)42-23-13-50-38(47)39(21-12-25(48-5)24(44)11-19(21)7-8-40-39)14-54-36(30(42)29(41(22)4)26(20)31(45)32(16)49-6)28-27(23)35-34(51-15-52-35)17(2)33(28)53-18(3)43;1-13-12-28-10-9-27(13)18-11-15(17-5-8-23-26(17)2)14-3-6-21-20(19(14)24-18)16-4-7-22-25-16/h9,11-12,22-23,29-30,36-37,40,44-46H,7-8,10,13-15H2,1-6H3;3-8,11,13H,9-10,12H2,1-2H3,(H,22,25). The van der Waals surface area contributed by atoms with E-state index < -0.39 is 47.1 Å². The van der Waals surface area contributed by atoms with Gasteiger partial charge in [0.15, 0.2) is 40.0 Å². The number of esters is 2. The number of rotatable bonds is 6. The fourth-order valence-corrected chi connectivity index (χ4v) is 15.5. The van der Waals surface area contributed by atoms with Gasteiger partial charge in [-0.3, -0.25) is 34.7 Å². The summed E-state index contributed by atoms with van der Waals surface area (Å²) in [5.41, 5.74) is 8.97. The number of phenolic OH excluding ortho intramolecular Hbond substituents is 2. The fraction of sp³-hybridized carbons (Fsp3) is 0.424. The molecule has 3 fully saturated rings. The molecule has 8 atom stereocenters. The highest BCUT2D eigenvalue weighted by Crippen LogP contribution is 2.64. The van der Waals surface area contributed by atoms with Crippen LogP contribution in [-0.4, -0.2) is 158 Å². The topological polar surface area (TPSA) is 253 Å². The maximum atomic E-state index is 14.7. The van der Waals surface area contributed by atoms with E-state index in [-0.39, 0.29) is 48.5 Å². The summed E-state index contributed by atoms with van der Waals surface area (Å²) in [6, 6.07) is 11.5. The number of nitrogens with one attached hydrogen (secondary N) is 2. The number of aliphatic hydroxyl groups is 1. The number of likely N-dealkylation sites (N-methyl/N-ethyl adjacent to an activating group) is 1. The number of fused-ring (bicyclic) bond motifs is 10. The molecular weight excluding hydrogens is 1070 g/mol. The van der Waals surface area contributed by atoms with Gasteiger partial charge < -0.3 is 53.4 Å². The Morgan fingerprint density at radius 3 is 2.51 bits per heavy atom. The quantitative estimate of drug-likeness (QED) is 0.0937. The summed E-state index contributed by atoms with van der Waals surface area (Å²) >= 11 is 1.47. The molecule has 1 spiro atoms. The van der Waals surface area contributed by atoms with Crippen molar-refractivity contribution in [3.63, 3.8) is 0 Å². The van der Waals surface area contributed by atoms with Gasteiger partial charge in [-0.15, -0.1) is 11.8 Å². The molecule has 8 unspecified atom stereocenters. The molecule has 0 saturated carbocycles.